The smallest absolute Gasteiger partial charge is 0.231 e. The zero-order valence-corrected chi connectivity index (χ0v) is 16.7. The van der Waals surface area contributed by atoms with Crippen molar-refractivity contribution >= 4 is 29.4 Å². The average molecular weight is 413 g/mol. The molecular formula is C21H17FN2O2S2. The molecule has 2 unspecified atom stereocenters. The molecular weight excluding hydrogens is 395 g/mol. The minimum Gasteiger partial charge on any atom is -0.366 e. The average Bonchev–Trinajstić information content (AvgIpc) is 3.07. The summed E-state index contributed by atoms with van der Waals surface area (Å²) in [4.78, 5) is 15.5. The Morgan fingerprint density at radius 2 is 1.93 bits per heavy atom. The van der Waals surface area contributed by atoms with Gasteiger partial charge in [-0.2, -0.15) is 5.26 Å². The molecule has 0 radical (unpaired) electrons. The highest BCUT2D eigenvalue weighted by Gasteiger charge is 2.51. The molecule has 0 bridgehead atoms. The van der Waals surface area contributed by atoms with Crippen molar-refractivity contribution in [1.82, 2.24) is 4.90 Å². The second-order valence-corrected chi connectivity index (χ2v) is 8.55. The number of thioether (sulfide) groups is 2. The second kappa shape index (κ2) is 7.28. The van der Waals surface area contributed by atoms with Gasteiger partial charge in [-0.1, -0.05) is 24.3 Å². The molecule has 1 fully saturated rings. The highest BCUT2D eigenvalue weighted by molar-refractivity contribution is 8.03. The Kier molecular flexibility index (Phi) is 4.96. The molecule has 1 amide bonds. The molecule has 1 N–H and O–H groups in total. The van der Waals surface area contributed by atoms with Gasteiger partial charge in [0.25, 0.3) is 0 Å². The number of hydrogen-bond donors (Lipinski definition) is 1. The zero-order chi connectivity index (χ0) is 19.9. The number of allylic oxidation sites excluding steroid dienone is 1. The van der Waals surface area contributed by atoms with E-state index in [0.29, 0.717) is 16.2 Å². The number of rotatable bonds is 3. The fourth-order valence-electron chi connectivity index (χ4n) is 3.68. The van der Waals surface area contributed by atoms with Gasteiger partial charge in [-0.05, 0) is 36.1 Å². The predicted molar refractivity (Wildman–Crippen MR) is 108 cm³/mol. The van der Waals surface area contributed by atoms with Gasteiger partial charge in [-0.15, -0.1) is 23.5 Å². The molecule has 4 rings (SSSR count). The third kappa shape index (κ3) is 3.02. The summed E-state index contributed by atoms with van der Waals surface area (Å²) < 4.78 is 13.3. The Morgan fingerprint density at radius 1 is 1.25 bits per heavy atom. The monoisotopic (exact) mass is 412 g/mol. The molecule has 2 heterocycles. The first kappa shape index (κ1) is 19.1. The fraction of sp³-hybridized carbons (Fsp3) is 0.238. The molecule has 0 aromatic heterocycles. The summed E-state index contributed by atoms with van der Waals surface area (Å²) in [6.07, 6.45) is 2.10. The number of halogens is 1. The molecule has 1 saturated heterocycles. The van der Waals surface area contributed by atoms with E-state index in [1.54, 1.807) is 11.8 Å². The van der Waals surface area contributed by atoms with E-state index < -0.39 is 11.5 Å². The summed E-state index contributed by atoms with van der Waals surface area (Å²) in [6.45, 7) is 0. The summed E-state index contributed by atoms with van der Waals surface area (Å²) >= 11 is 2.92. The van der Waals surface area contributed by atoms with Crippen molar-refractivity contribution in [1.29, 1.82) is 5.26 Å². The maximum Gasteiger partial charge on any atom is 0.231 e. The molecule has 0 spiro atoms. The van der Waals surface area contributed by atoms with Gasteiger partial charge >= 0.3 is 0 Å². The van der Waals surface area contributed by atoms with E-state index in [1.165, 1.54) is 40.9 Å². The summed E-state index contributed by atoms with van der Waals surface area (Å²) in [6, 6.07) is 15.6. The minimum atomic E-state index is -1.58. The van der Waals surface area contributed by atoms with Gasteiger partial charge in [-0.3, -0.25) is 9.69 Å². The topological polar surface area (TPSA) is 64.3 Å². The number of nitrogens with zero attached hydrogens (tertiary/aromatic N) is 2. The van der Waals surface area contributed by atoms with Crippen LogP contribution in [0.4, 0.5) is 4.39 Å². The molecule has 0 saturated carbocycles. The molecule has 28 heavy (non-hydrogen) atoms. The SMILES string of the molecule is CSc1ccc(C2CC(=O)N3C(=C2C#N)SCC3(O)c2ccc(F)cc2)cc1. The lowest BCUT2D eigenvalue weighted by molar-refractivity contribution is -0.149. The Morgan fingerprint density at radius 3 is 2.54 bits per heavy atom. The van der Waals surface area contributed by atoms with Gasteiger partial charge in [-0.25, -0.2) is 4.39 Å². The largest absolute Gasteiger partial charge is 0.366 e. The third-order valence-corrected chi connectivity index (χ3v) is 7.10. The van der Waals surface area contributed by atoms with E-state index in [1.807, 2.05) is 30.5 Å². The molecule has 0 aliphatic carbocycles. The van der Waals surface area contributed by atoms with Crippen molar-refractivity contribution in [3.05, 3.63) is 76.1 Å². The number of amides is 1. The van der Waals surface area contributed by atoms with Gasteiger partial charge in [0, 0.05) is 22.8 Å². The Bertz CT molecular complexity index is 999. The Balaban J connectivity index is 1.77. The standard InChI is InChI=1S/C21H17FN2O2S2/c1-27-16-8-2-13(3-9-16)17-10-19(25)24-20(18(17)11-23)28-12-21(24,26)14-4-6-15(22)7-5-14/h2-9,17,26H,10,12H2,1H3. The lowest BCUT2D eigenvalue weighted by Gasteiger charge is -2.38. The van der Waals surface area contributed by atoms with Gasteiger partial charge < -0.3 is 5.11 Å². The number of benzene rings is 2. The number of carbonyl (C=O) groups excluding carboxylic acids is 1. The number of fused-ring (bicyclic) bond motifs is 1. The zero-order valence-electron chi connectivity index (χ0n) is 15.1. The highest BCUT2D eigenvalue weighted by atomic mass is 32.2. The van der Waals surface area contributed by atoms with Crippen LogP contribution >= 0.6 is 23.5 Å². The van der Waals surface area contributed by atoms with Gasteiger partial charge in [0.2, 0.25) is 5.91 Å². The maximum atomic E-state index is 13.3. The molecule has 142 valence electrons. The fourth-order valence-corrected chi connectivity index (χ4v) is 5.44. The van der Waals surface area contributed by atoms with Gasteiger partial charge in [0.15, 0.2) is 5.72 Å². The van der Waals surface area contributed by atoms with Crippen LogP contribution in [0.3, 0.4) is 0 Å². The van der Waals surface area contributed by atoms with E-state index in [2.05, 4.69) is 6.07 Å². The van der Waals surface area contributed by atoms with E-state index in [4.69, 9.17) is 0 Å². The van der Waals surface area contributed by atoms with Crippen LogP contribution in [0.25, 0.3) is 0 Å². The minimum absolute atomic E-state index is 0.106. The van der Waals surface area contributed by atoms with Crippen LogP contribution in [0.2, 0.25) is 0 Å². The number of aliphatic hydroxyl groups is 1. The van der Waals surface area contributed by atoms with Crippen molar-refractivity contribution in [2.24, 2.45) is 0 Å². The molecule has 2 aromatic carbocycles. The normalized spacial score (nSPS) is 24.3. The Labute approximate surface area is 171 Å². The summed E-state index contributed by atoms with van der Waals surface area (Å²) in [5.41, 5.74) is 0.248. The van der Waals surface area contributed by atoms with Crippen LogP contribution in [0.5, 0.6) is 0 Å². The third-order valence-electron chi connectivity index (χ3n) is 5.14. The lowest BCUT2D eigenvalue weighted by Crippen LogP contribution is -2.48. The van der Waals surface area contributed by atoms with Crippen LogP contribution in [-0.2, 0) is 10.5 Å². The van der Waals surface area contributed by atoms with E-state index in [-0.39, 0.29) is 24.0 Å². The van der Waals surface area contributed by atoms with Crippen LogP contribution < -0.4 is 0 Å². The molecule has 7 heteroatoms. The molecule has 2 atom stereocenters. The van der Waals surface area contributed by atoms with Crippen LogP contribution in [0.15, 0.2) is 64.0 Å². The number of hydrogen-bond acceptors (Lipinski definition) is 5. The molecule has 2 aliphatic rings. The maximum absolute atomic E-state index is 13.3. The van der Waals surface area contributed by atoms with Crippen LogP contribution in [0.1, 0.15) is 23.5 Å². The van der Waals surface area contributed by atoms with Crippen LogP contribution in [-0.4, -0.2) is 27.9 Å². The summed E-state index contributed by atoms with van der Waals surface area (Å²) in [5.74, 6) is -0.791. The first-order valence-electron chi connectivity index (χ1n) is 8.70. The number of nitriles is 1. The van der Waals surface area contributed by atoms with E-state index >= 15 is 0 Å². The highest BCUT2D eigenvalue weighted by Crippen LogP contribution is 2.51. The summed E-state index contributed by atoms with van der Waals surface area (Å²) in [5, 5.41) is 21.6. The first-order chi connectivity index (χ1) is 13.5. The quantitative estimate of drug-likeness (QED) is 0.766. The summed E-state index contributed by atoms with van der Waals surface area (Å²) in [7, 11) is 0. The van der Waals surface area contributed by atoms with Crippen molar-refractivity contribution in [3.63, 3.8) is 0 Å². The predicted octanol–water partition coefficient (Wildman–Crippen LogP) is 4.19. The van der Waals surface area contributed by atoms with Crippen molar-refractivity contribution in [3.8, 4) is 6.07 Å². The number of carbonyl (C=O) groups is 1. The van der Waals surface area contributed by atoms with E-state index in [0.717, 1.165) is 10.5 Å². The van der Waals surface area contributed by atoms with Gasteiger partial charge in [0.1, 0.15) is 5.82 Å². The van der Waals surface area contributed by atoms with Crippen molar-refractivity contribution in [2.45, 2.75) is 23.0 Å². The molecule has 4 nitrogen and oxygen atoms in total. The van der Waals surface area contributed by atoms with E-state index in [9.17, 15) is 19.6 Å². The Hall–Kier alpha value is -2.27. The lowest BCUT2D eigenvalue weighted by atomic mass is 9.85. The van der Waals surface area contributed by atoms with Gasteiger partial charge in [0.05, 0.1) is 22.4 Å². The molecule has 2 aliphatic heterocycles. The first-order valence-corrected chi connectivity index (χ1v) is 10.9. The second-order valence-electron chi connectivity index (χ2n) is 6.70. The van der Waals surface area contributed by atoms with Crippen LogP contribution in [0, 0.1) is 17.1 Å². The van der Waals surface area contributed by atoms with Crippen molar-refractivity contribution < 1.29 is 14.3 Å². The molecule has 2 aromatic rings. The van der Waals surface area contributed by atoms with Crippen molar-refractivity contribution in [2.75, 3.05) is 12.0 Å².